The molecule has 1 aromatic rings. The quantitative estimate of drug-likeness (QED) is 0.772. The molecule has 1 aromatic heterocycles. The molecular formula is C11H17NO2. The number of piperidine rings is 1. The van der Waals surface area contributed by atoms with Crippen LogP contribution in [0.1, 0.15) is 18.4 Å². The van der Waals surface area contributed by atoms with Crippen molar-refractivity contribution in [2.45, 2.75) is 24.9 Å². The molecule has 1 atom stereocenters. The summed E-state index contributed by atoms with van der Waals surface area (Å²) in [6.45, 7) is 1.85. The molecule has 1 saturated heterocycles. The molecule has 3 heteroatoms. The molecule has 1 aliphatic rings. The Balaban J connectivity index is 2.01. The van der Waals surface area contributed by atoms with Crippen LogP contribution in [0.15, 0.2) is 23.0 Å². The van der Waals surface area contributed by atoms with Gasteiger partial charge in [0.25, 0.3) is 0 Å². The maximum atomic E-state index is 10.3. The third-order valence-corrected chi connectivity index (χ3v) is 2.86. The number of hydrogen-bond donors (Lipinski definition) is 1. The first kappa shape index (κ1) is 9.74. The van der Waals surface area contributed by atoms with E-state index in [2.05, 4.69) is 11.9 Å². The van der Waals surface area contributed by atoms with Gasteiger partial charge in [0.05, 0.1) is 18.1 Å². The summed E-state index contributed by atoms with van der Waals surface area (Å²) >= 11 is 0. The number of nitrogens with zero attached hydrogens (tertiary/aromatic N) is 1. The van der Waals surface area contributed by atoms with E-state index in [1.165, 1.54) is 0 Å². The van der Waals surface area contributed by atoms with Gasteiger partial charge in [0.1, 0.15) is 0 Å². The fourth-order valence-electron chi connectivity index (χ4n) is 2.26. The van der Waals surface area contributed by atoms with Crippen LogP contribution in [0.25, 0.3) is 0 Å². The van der Waals surface area contributed by atoms with Crippen molar-refractivity contribution < 1.29 is 9.52 Å². The van der Waals surface area contributed by atoms with Crippen molar-refractivity contribution in [1.29, 1.82) is 0 Å². The van der Waals surface area contributed by atoms with Gasteiger partial charge < -0.3 is 14.4 Å². The van der Waals surface area contributed by atoms with E-state index in [4.69, 9.17) is 4.42 Å². The molecule has 1 fully saturated rings. The van der Waals surface area contributed by atoms with Gasteiger partial charge in [-0.1, -0.05) is 0 Å². The predicted octanol–water partition coefficient (Wildman–Crippen LogP) is 1.28. The molecule has 0 radical (unpaired) electrons. The van der Waals surface area contributed by atoms with Gasteiger partial charge in [0, 0.05) is 13.0 Å². The second kappa shape index (κ2) is 3.75. The van der Waals surface area contributed by atoms with E-state index in [0.29, 0.717) is 6.42 Å². The molecule has 0 bridgehead atoms. The summed E-state index contributed by atoms with van der Waals surface area (Å²) in [6.07, 6.45) is 6.04. The Hall–Kier alpha value is -0.800. The average Bonchev–Trinajstić information content (AvgIpc) is 2.55. The van der Waals surface area contributed by atoms with Gasteiger partial charge in [-0.05, 0) is 38.1 Å². The Morgan fingerprint density at radius 2 is 2.50 bits per heavy atom. The fraction of sp³-hybridized carbons (Fsp3) is 0.636. The minimum absolute atomic E-state index is 0.559. The molecule has 3 nitrogen and oxygen atoms in total. The maximum absolute atomic E-state index is 10.3. The van der Waals surface area contributed by atoms with Crippen molar-refractivity contribution in [3.63, 3.8) is 0 Å². The van der Waals surface area contributed by atoms with E-state index in [1.807, 2.05) is 6.07 Å². The Kier molecular flexibility index (Phi) is 2.61. The second-order valence-electron chi connectivity index (χ2n) is 4.37. The molecule has 0 saturated carbocycles. The molecule has 0 aliphatic carbocycles. The normalized spacial score (nSPS) is 29.3. The maximum Gasteiger partial charge on any atom is 0.0935 e. The predicted molar refractivity (Wildman–Crippen MR) is 54.1 cm³/mol. The van der Waals surface area contributed by atoms with E-state index < -0.39 is 5.60 Å². The van der Waals surface area contributed by atoms with Crippen molar-refractivity contribution in [1.82, 2.24) is 4.90 Å². The van der Waals surface area contributed by atoms with Crippen LogP contribution in [-0.2, 0) is 6.42 Å². The Bertz CT molecular complexity index is 283. The molecule has 0 amide bonds. The van der Waals surface area contributed by atoms with Gasteiger partial charge in [0.2, 0.25) is 0 Å². The van der Waals surface area contributed by atoms with E-state index in [0.717, 1.165) is 31.5 Å². The molecule has 0 spiro atoms. The van der Waals surface area contributed by atoms with Gasteiger partial charge in [-0.2, -0.15) is 0 Å². The number of likely N-dealkylation sites (N-methyl/N-ethyl adjacent to an activating group) is 1. The Morgan fingerprint density at radius 1 is 1.64 bits per heavy atom. The first-order valence-corrected chi connectivity index (χ1v) is 5.10. The lowest BCUT2D eigenvalue weighted by molar-refractivity contribution is -0.0224. The number of aliphatic hydroxyl groups is 1. The Labute approximate surface area is 84.3 Å². The minimum Gasteiger partial charge on any atom is -0.472 e. The summed E-state index contributed by atoms with van der Waals surface area (Å²) in [5.41, 5.74) is 0.527. The summed E-state index contributed by atoms with van der Waals surface area (Å²) in [5, 5.41) is 10.3. The molecule has 2 heterocycles. The molecular weight excluding hydrogens is 178 g/mol. The molecule has 78 valence electrons. The molecule has 14 heavy (non-hydrogen) atoms. The lowest BCUT2D eigenvalue weighted by Crippen LogP contribution is -2.47. The highest BCUT2D eigenvalue weighted by molar-refractivity contribution is 5.10. The first-order chi connectivity index (χ1) is 6.68. The van der Waals surface area contributed by atoms with Crippen molar-refractivity contribution in [3.05, 3.63) is 24.2 Å². The summed E-state index contributed by atoms with van der Waals surface area (Å²) in [6, 6.07) is 1.92. The van der Waals surface area contributed by atoms with Gasteiger partial charge >= 0.3 is 0 Å². The molecule has 2 rings (SSSR count). The van der Waals surface area contributed by atoms with E-state index in [1.54, 1.807) is 12.5 Å². The van der Waals surface area contributed by atoms with Crippen LogP contribution < -0.4 is 0 Å². The number of likely N-dealkylation sites (tertiary alicyclic amines) is 1. The number of hydrogen-bond acceptors (Lipinski definition) is 3. The topological polar surface area (TPSA) is 36.6 Å². The van der Waals surface area contributed by atoms with Crippen LogP contribution in [-0.4, -0.2) is 35.7 Å². The van der Waals surface area contributed by atoms with Crippen molar-refractivity contribution in [2.24, 2.45) is 0 Å². The highest BCUT2D eigenvalue weighted by Gasteiger charge is 2.32. The number of β-amino-alcohol motifs (C(OH)–C–C–N with tert-alkyl or cyclic N) is 1. The van der Waals surface area contributed by atoms with E-state index >= 15 is 0 Å². The summed E-state index contributed by atoms with van der Waals surface area (Å²) in [4.78, 5) is 2.18. The summed E-state index contributed by atoms with van der Waals surface area (Å²) < 4.78 is 5.00. The van der Waals surface area contributed by atoms with Gasteiger partial charge in [0.15, 0.2) is 0 Å². The van der Waals surface area contributed by atoms with Gasteiger partial charge in [-0.3, -0.25) is 0 Å². The second-order valence-corrected chi connectivity index (χ2v) is 4.37. The van der Waals surface area contributed by atoms with Gasteiger partial charge in [-0.25, -0.2) is 0 Å². The van der Waals surface area contributed by atoms with Crippen LogP contribution in [0, 0.1) is 0 Å². The van der Waals surface area contributed by atoms with Crippen LogP contribution in [0.2, 0.25) is 0 Å². The summed E-state index contributed by atoms with van der Waals surface area (Å²) in [5.74, 6) is 0. The minimum atomic E-state index is -0.559. The zero-order chi connectivity index (χ0) is 10.0. The highest BCUT2D eigenvalue weighted by atomic mass is 16.3. The standard InChI is InChI=1S/C11H17NO2/c1-12-5-2-4-11(13,9-12)7-10-3-6-14-8-10/h3,6,8,13H,2,4-5,7,9H2,1H3. The van der Waals surface area contributed by atoms with Crippen LogP contribution in [0.4, 0.5) is 0 Å². The van der Waals surface area contributed by atoms with Crippen LogP contribution in [0.5, 0.6) is 0 Å². The van der Waals surface area contributed by atoms with Crippen LogP contribution >= 0.6 is 0 Å². The molecule has 1 aliphatic heterocycles. The number of rotatable bonds is 2. The SMILES string of the molecule is CN1CCCC(O)(Cc2ccoc2)C1. The largest absolute Gasteiger partial charge is 0.472 e. The number of furan rings is 1. The monoisotopic (exact) mass is 195 g/mol. The van der Waals surface area contributed by atoms with Crippen molar-refractivity contribution >= 4 is 0 Å². The van der Waals surface area contributed by atoms with E-state index in [9.17, 15) is 5.11 Å². The Morgan fingerprint density at radius 3 is 3.14 bits per heavy atom. The molecule has 0 aromatic carbocycles. The van der Waals surface area contributed by atoms with Crippen LogP contribution in [0.3, 0.4) is 0 Å². The lowest BCUT2D eigenvalue weighted by atomic mass is 9.88. The van der Waals surface area contributed by atoms with Gasteiger partial charge in [-0.15, -0.1) is 0 Å². The highest BCUT2D eigenvalue weighted by Crippen LogP contribution is 2.24. The first-order valence-electron chi connectivity index (χ1n) is 5.10. The van der Waals surface area contributed by atoms with Crippen molar-refractivity contribution in [2.75, 3.05) is 20.1 Å². The zero-order valence-corrected chi connectivity index (χ0v) is 8.57. The van der Waals surface area contributed by atoms with E-state index in [-0.39, 0.29) is 0 Å². The third-order valence-electron chi connectivity index (χ3n) is 2.86. The third kappa shape index (κ3) is 2.16. The van der Waals surface area contributed by atoms with Crippen molar-refractivity contribution in [3.8, 4) is 0 Å². The lowest BCUT2D eigenvalue weighted by Gasteiger charge is -2.37. The zero-order valence-electron chi connectivity index (χ0n) is 8.57. The average molecular weight is 195 g/mol. The molecule has 1 unspecified atom stereocenters. The smallest absolute Gasteiger partial charge is 0.0935 e. The fourth-order valence-corrected chi connectivity index (χ4v) is 2.26. The molecule has 1 N–H and O–H groups in total. The summed E-state index contributed by atoms with van der Waals surface area (Å²) in [7, 11) is 2.06.